The van der Waals surface area contributed by atoms with E-state index in [1.165, 1.54) is 24.0 Å². The first-order valence-electron chi connectivity index (χ1n) is 9.17. The Morgan fingerprint density at radius 1 is 0.920 bits per heavy atom. The number of hydrogen-bond donors (Lipinski definition) is 1. The summed E-state index contributed by atoms with van der Waals surface area (Å²) in [7, 11) is 0. The number of benzene rings is 2. The van der Waals surface area contributed by atoms with Gasteiger partial charge >= 0.3 is 0 Å². The molecule has 0 saturated carbocycles. The van der Waals surface area contributed by atoms with Gasteiger partial charge < -0.3 is 0 Å². The Morgan fingerprint density at radius 2 is 1.56 bits per heavy atom. The number of aromatic amines is 1. The number of aromatic nitrogens is 2. The van der Waals surface area contributed by atoms with Gasteiger partial charge in [0.1, 0.15) is 0 Å². The molecule has 1 N–H and O–H groups in total. The molecule has 0 aliphatic carbocycles. The summed E-state index contributed by atoms with van der Waals surface area (Å²) in [4.78, 5) is 11.7. The van der Waals surface area contributed by atoms with E-state index in [-0.39, 0.29) is 5.56 Å². The molecule has 134 valence electrons. The normalized spacial score (nSPS) is 9.64. The Bertz CT molecular complexity index is 819. The lowest BCUT2D eigenvalue weighted by Gasteiger charge is -2.05. The van der Waals surface area contributed by atoms with Crippen molar-refractivity contribution in [1.29, 1.82) is 0 Å². The van der Waals surface area contributed by atoms with Crippen molar-refractivity contribution in [1.82, 2.24) is 10.2 Å². The zero-order valence-corrected chi connectivity index (χ0v) is 16.1. The van der Waals surface area contributed by atoms with Crippen molar-refractivity contribution in [2.45, 2.75) is 53.9 Å². The number of rotatable bonds is 3. The van der Waals surface area contributed by atoms with E-state index in [0.29, 0.717) is 5.39 Å². The van der Waals surface area contributed by atoms with Crippen LogP contribution in [0.2, 0.25) is 0 Å². The van der Waals surface area contributed by atoms with E-state index in [1.807, 2.05) is 44.2 Å². The average molecular weight is 338 g/mol. The molecule has 0 amide bonds. The maximum Gasteiger partial charge on any atom is 0.272 e. The van der Waals surface area contributed by atoms with Gasteiger partial charge in [-0.05, 0) is 18.6 Å². The zero-order valence-electron chi connectivity index (χ0n) is 16.1. The van der Waals surface area contributed by atoms with Crippen LogP contribution in [0.15, 0.2) is 53.3 Å². The van der Waals surface area contributed by atoms with E-state index in [9.17, 15) is 4.79 Å². The van der Waals surface area contributed by atoms with Crippen molar-refractivity contribution in [3.8, 4) is 0 Å². The van der Waals surface area contributed by atoms with Gasteiger partial charge in [0.05, 0.1) is 11.1 Å². The number of nitrogens with one attached hydrogen (secondary N) is 1. The first-order valence-corrected chi connectivity index (χ1v) is 9.17. The predicted molar refractivity (Wildman–Crippen MR) is 108 cm³/mol. The number of fused-ring (bicyclic) bond motifs is 1. The molecule has 0 radical (unpaired) electrons. The molecule has 1 aromatic heterocycles. The molecule has 0 saturated heterocycles. The van der Waals surface area contributed by atoms with Crippen LogP contribution in [-0.4, -0.2) is 10.2 Å². The molecule has 0 bridgehead atoms. The summed E-state index contributed by atoms with van der Waals surface area (Å²) in [5.74, 6) is 0. The summed E-state index contributed by atoms with van der Waals surface area (Å²) >= 11 is 0. The molecule has 3 nitrogen and oxygen atoms in total. The Morgan fingerprint density at radius 3 is 2.16 bits per heavy atom. The van der Waals surface area contributed by atoms with Crippen LogP contribution in [-0.2, 0) is 6.42 Å². The zero-order chi connectivity index (χ0) is 18.7. The third-order valence-electron chi connectivity index (χ3n) is 3.73. The molecule has 3 rings (SSSR count). The molecule has 0 unspecified atom stereocenters. The van der Waals surface area contributed by atoms with E-state index in [4.69, 9.17) is 0 Å². The third kappa shape index (κ3) is 6.18. The van der Waals surface area contributed by atoms with Gasteiger partial charge in [-0.15, -0.1) is 0 Å². The Balaban J connectivity index is 0.000000461. The monoisotopic (exact) mass is 338 g/mol. The Kier molecular flexibility index (Phi) is 9.23. The molecule has 3 aromatic rings. The Hall–Kier alpha value is -2.42. The van der Waals surface area contributed by atoms with Gasteiger partial charge in [0, 0.05) is 11.8 Å². The van der Waals surface area contributed by atoms with E-state index in [0.717, 1.165) is 17.5 Å². The van der Waals surface area contributed by atoms with Crippen LogP contribution < -0.4 is 5.56 Å². The summed E-state index contributed by atoms with van der Waals surface area (Å²) < 4.78 is 0. The predicted octanol–water partition coefficient (Wildman–Crippen LogP) is 5.65. The molecule has 2 aromatic carbocycles. The standard InChI is InChI=1S/C16H14N2O.C4H10.C2H6/c1-11-5-4-6-12(9-11)10-15-13-7-2-3-8-14(13)16(19)18-17-15;1-3-4-2;1-2/h2-9H,10H2,1H3,(H,18,19);3-4H2,1-2H3;1-2H3. The van der Waals surface area contributed by atoms with Crippen LogP contribution in [0.4, 0.5) is 0 Å². The highest BCUT2D eigenvalue weighted by atomic mass is 16.1. The fourth-order valence-electron chi connectivity index (χ4n) is 2.32. The first kappa shape index (κ1) is 20.6. The van der Waals surface area contributed by atoms with Gasteiger partial charge in [-0.2, -0.15) is 5.10 Å². The van der Waals surface area contributed by atoms with Gasteiger partial charge in [-0.25, -0.2) is 5.10 Å². The minimum absolute atomic E-state index is 0.136. The fraction of sp³-hybridized carbons (Fsp3) is 0.364. The lowest BCUT2D eigenvalue weighted by atomic mass is 10.0. The molecule has 1 heterocycles. The van der Waals surface area contributed by atoms with Crippen LogP contribution in [0.1, 0.15) is 57.4 Å². The lowest BCUT2D eigenvalue weighted by Crippen LogP contribution is -2.11. The van der Waals surface area contributed by atoms with E-state index >= 15 is 0 Å². The molecule has 0 fully saturated rings. The molecule has 0 atom stereocenters. The maximum atomic E-state index is 11.7. The highest BCUT2D eigenvalue weighted by molar-refractivity contribution is 5.83. The smallest absolute Gasteiger partial charge is 0.267 e. The van der Waals surface area contributed by atoms with Crippen molar-refractivity contribution >= 4 is 10.8 Å². The van der Waals surface area contributed by atoms with Crippen molar-refractivity contribution in [3.05, 3.63) is 75.7 Å². The lowest BCUT2D eigenvalue weighted by molar-refractivity contribution is 0.886. The van der Waals surface area contributed by atoms with Crippen molar-refractivity contribution < 1.29 is 0 Å². The SMILES string of the molecule is CC.CCCC.Cc1cccc(Cc2n[nH]c(=O)c3ccccc23)c1. The largest absolute Gasteiger partial charge is 0.272 e. The summed E-state index contributed by atoms with van der Waals surface area (Å²) in [5.41, 5.74) is 3.19. The van der Waals surface area contributed by atoms with Crippen molar-refractivity contribution in [3.63, 3.8) is 0 Å². The number of H-pyrrole nitrogens is 1. The maximum absolute atomic E-state index is 11.7. The van der Waals surface area contributed by atoms with Gasteiger partial charge in [0.15, 0.2) is 0 Å². The van der Waals surface area contributed by atoms with Crippen LogP contribution in [0.3, 0.4) is 0 Å². The fourth-order valence-corrected chi connectivity index (χ4v) is 2.32. The molecule has 0 spiro atoms. The van der Waals surface area contributed by atoms with Crippen LogP contribution in [0.5, 0.6) is 0 Å². The van der Waals surface area contributed by atoms with Crippen LogP contribution in [0.25, 0.3) is 10.8 Å². The summed E-state index contributed by atoms with van der Waals surface area (Å²) in [5, 5.41) is 8.38. The molecular formula is C22H30N2O. The van der Waals surface area contributed by atoms with Gasteiger partial charge in [-0.3, -0.25) is 4.79 Å². The minimum Gasteiger partial charge on any atom is -0.267 e. The Labute approximate surface area is 151 Å². The minimum atomic E-state index is -0.136. The quantitative estimate of drug-likeness (QED) is 0.670. The van der Waals surface area contributed by atoms with E-state index in [1.54, 1.807) is 0 Å². The average Bonchev–Trinajstić information content (AvgIpc) is 2.66. The summed E-state index contributed by atoms with van der Waals surface area (Å²) in [6.45, 7) is 10.4. The van der Waals surface area contributed by atoms with Crippen LogP contribution in [0, 0.1) is 6.92 Å². The number of aryl methyl sites for hydroxylation is 1. The molecule has 3 heteroatoms. The van der Waals surface area contributed by atoms with Gasteiger partial charge in [0.25, 0.3) is 5.56 Å². The second kappa shape index (κ2) is 11.2. The topological polar surface area (TPSA) is 45.8 Å². The second-order valence-corrected chi connectivity index (χ2v) is 5.71. The van der Waals surface area contributed by atoms with Crippen molar-refractivity contribution in [2.24, 2.45) is 0 Å². The number of nitrogens with zero attached hydrogens (tertiary/aromatic N) is 1. The molecule has 0 aliphatic heterocycles. The summed E-state index contributed by atoms with van der Waals surface area (Å²) in [6.07, 6.45) is 3.36. The molecule has 25 heavy (non-hydrogen) atoms. The van der Waals surface area contributed by atoms with Gasteiger partial charge in [0.2, 0.25) is 0 Å². The highest BCUT2D eigenvalue weighted by Gasteiger charge is 2.06. The highest BCUT2D eigenvalue weighted by Crippen LogP contribution is 2.16. The molecular weight excluding hydrogens is 308 g/mol. The van der Waals surface area contributed by atoms with Crippen LogP contribution >= 0.6 is 0 Å². The second-order valence-electron chi connectivity index (χ2n) is 5.71. The third-order valence-corrected chi connectivity index (χ3v) is 3.73. The number of unbranched alkanes of at least 4 members (excludes halogenated alkanes) is 1. The first-order chi connectivity index (χ1) is 12.2. The summed E-state index contributed by atoms with van der Waals surface area (Å²) in [6, 6.07) is 15.9. The van der Waals surface area contributed by atoms with E-state index < -0.39 is 0 Å². The van der Waals surface area contributed by atoms with Crippen molar-refractivity contribution in [2.75, 3.05) is 0 Å². The molecule has 0 aliphatic rings. The number of hydrogen-bond acceptors (Lipinski definition) is 2. The van der Waals surface area contributed by atoms with Gasteiger partial charge in [-0.1, -0.05) is 88.6 Å². The van der Waals surface area contributed by atoms with E-state index in [2.05, 4.69) is 49.2 Å².